The Balaban J connectivity index is 2.41. The molecule has 1 aliphatic rings. The van der Waals surface area contributed by atoms with Crippen LogP contribution >= 0.6 is 0 Å². The second-order valence-electron chi connectivity index (χ2n) is 4.20. The van der Waals surface area contributed by atoms with Crippen LogP contribution in [0.5, 0.6) is 0 Å². The summed E-state index contributed by atoms with van der Waals surface area (Å²) in [5.41, 5.74) is 0. The van der Waals surface area contributed by atoms with E-state index in [0.29, 0.717) is 18.5 Å². The van der Waals surface area contributed by atoms with E-state index >= 15 is 0 Å². The molecule has 1 amide bonds. The van der Waals surface area contributed by atoms with Crippen molar-refractivity contribution in [1.82, 2.24) is 10.2 Å². The zero-order chi connectivity index (χ0) is 9.84. The molecule has 0 aromatic carbocycles. The van der Waals surface area contributed by atoms with Gasteiger partial charge in [0.15, 0.2) is 0 Å². The van der Waals surface area contributed by atoms with Gasteiger partial charge in [0.2, 0.25) is 5.91 Å². The third-order valence-electron chi connectivity index (χ3n) is 2.20. The molecule has 1 rings (SSSR count). The van der Waals surface area contributed by atoms with Crippen molar-refractivity contribution in [3.8, 4) is 0 Å². The van der Waals surface area contributed by atoms with Gasteiger partial charge in [-0.3, -0.25) is 4.79 Å². The Bertz CT molecular complexity index is 176. The summed E-state index contributed by atoms with van der Waals surface area (Å²) >= 11 is 0. The van der Waals surface area contributed by atoms with Crippen molar-refractivity contribution in [1.29, 1.82) is 0 Å². The molecule has 0 aliphatic heterocycles. The van der Waals surface area contributed by atoms with Gasteiger partial charge in [-0.1, -0.05) is 13.8 Å². The first-order valence-electron chi connectivity index (χ1n) is 5.09. The summed E-state index contributed by atoms with van der Waals surface area (Å²) in [6, 6.07) is 0.545. The Kier molecular flexibility index (Phi) is 3.72. The lowest BCUT2D eigenvalue weighted by Gasteiger charge is -2.24. The second kappa shape index (κ2) is 4.61. The number of hydrogen-bond acceptors (Lipinski definition) is 2. The van der Waals surface area contributed by atoms with Gasteiger partial charge >= 0.3 is 0 Å². The first-order valence-corrected chi connectivity index (χ1v) is 5.09. The number of hydrogen-bond donors (Lipinski definition) is 1. The number of carbonyl (C=O) groups excluding carboxylic acids is 1. The standard InChI is InChI=1S/C10H20N2O/c1-8(2)7-12(9-4-5-9)10(13)6-11-3/h8-9,11H,4-7H2,1-3H3. The maximum atomic E-state index is 11.6. The average molecular weight is 184 g/mol. The Morgan fingerprint density at radius 1 is 1.54 bits per heavy atom. The van der Waals surface area contributed by atoms with Crippen molar-refractivity contribution in [2.45, 2.75) is 32.7 Å². The zero-order valence-corrected chi connectivity index (χ0v) is 8.84. The normalized spacial score (nSPS) is 16.3. The van der Waals surface area contributed by atoms with E-state index in [1.807, 2.05) is 11.9 Å². The second-order valence-corrected chi connectivity index (χ2v) is 4.20. The molecule has 76 valence electrons. The lowest BCUT2D eigenvalue weighted by molar-refractivity contribution is -0.131. The predicted octanol–water partition coefficient (Wildman–Crippen LogP) is 0.853. The van der Waals surface area contributed by atoms with Crippen LogP contribution in [0.4, 0.5) is 0 Å². The molecule has 0 unspecified atom stereocenters. The summed E-state index contributed by atoms with van der Waals surface area (Å²) in [6.07, 6.45) is 2.39. The van der Waals surface area contributed by atoms with Crippen molar-refractivity contribution >= 4 is 5.91 Å². The fourth-order valence-corrected chi connectivity index (χ4v) is 1.49. The van der Waals surface area contributed by atoms with Gasteiger partial charge in [-0.05, 0) is 25.8 Å². The van der Waals surface area contributed by atoms with Crippen LogP contribution in [0, 0.1) is 5.92 Å². The highest BCUT2D eigenvalue weighted by Gasteiger charge is 2.32. The van der Waals surface area contributed by atoms with Crippen LogP contribution in [0.2, 0.25) is 0 Å². The highest BCUT2D eigenvalue weighted by molar-refractivity contribution is 5.78. The van der Waals surface area contributed by atoms with Crippen LogP contribution in [-0.4, -0.2) is 37.0 Å². The monoisotopic (exact) mass is 184 g/mol. The Morgan fingerprint density at radius 2 is 2.15 bits per heavy atom. The minimum atomic E-state index is 0.249. The highest BCUT2D eigenvalue weighted by atomic mass is 16.2. The van der Waals surface area contributed by atoms with Gasteiger partial charge < -0.3 is 10.2 Å². The van der Waals surface area contributed by atoms with Crippen LogP contribution < -0.4 is 5.32 Å². The molecule has 0 heterocycles. The minimum absolute atomic E-state index is 0.249. The summed E-state index contributed by atoms with van der Waals surface area (Å²) in [7, 11) is 1.82. The Labute approximate surface area is 80.5 Å². The van der Waals surface area contributed by atoms with Crippen LogP contribution in [0.15, 0.2) is 0 Å². The molecule has 0 bridgehead atoms. The molecule has 0 atom stereocenters. The highest BCUT2D eigenvalue weighted by Crippen LogP contribution is 2.27. The topological polar surface area (TPSA) is 32.3 Å². The quantitative estimate of drug-likeness (QED) is 0.687. The molecule has 0 spiro atoms. The number of nitrogens with one attached hydrogen (secondary N) is 1. The number of carbonyl (C=O) groups is 1. The molecule has 1 aliphatic carbocycles. The summed E-state index contributed by atoms with van der Waals surface area (Å²) in [5.74, 6) is 0.820. The molecule has 3 nitrogen and oxygen atoms in total. The fraction of sp³-hybridized carbons (Fsp3) is 0.900. The Morgan fingerprint density at radius 3 is 2.54 bits per heavy atom. The predicted molar refractivity (Wildman–Crippen MR) is 53.5 cm³/mol. The maximum Gasteiger partial charge on any atom is 0.236 e. The van der Waals surface area contributed by atoms with E-state index < -0.39 is 0 Å². The molecule has 1 saturated carbocycles. The molecular formula is C10H20N2O. The maximum absolute atomic E-state index is 11.6. The van der Waals surface area contributed by atoms with E-state index in [2.05, 4.69) is 19.2 Å². The van der Waals surface area contributed by atoms with Crippen molar-refractivity contribution in [3.05, 3.63) is 0 Å². The number of nitrogens with zero attached hydrogens (tertiary/aromatic N) is 1. The largest absolute Gasteiger partial charge is 0.338 e. The lowest BCUT2D eigenvalue weighted by Crippen LogP contribution is -2.40. The first kappa shape index (κ1) is 10.5. The van der Waals surface area contributed by atoms with Gasteiger partial charge in [-0.25, -0.2) is 0 Å². The number of rotatable bonds is 5. The number of amides is 1. The average Bonchev–Trinajstić information content (AvgIpc) is 2.82. The molecule has 0 aromatic heterocycles. The number of likely N-dealkylation sites (N-methyl/N-ethyl adjacent to an activating group) is 1. The van der Waals surface area contributed by atoms with Crippen molar-refractivity contribution in [2.75, 3.05) is 20.1 Å². The molecular weight excluding hydrogens is 164 g/mol. The zero-order valence-electron chi connectivity index (χ0n) is 8.84. The van der Waals surface area contributed by atoms with E-state index in [1.54, 1.807) is 0 Å². The fourth-order valence-electron chi connectivity index (χ4n) is 1.49. The van der Waals surface area contributed by atoms with E-state index in [0.717, 1.165) is 6.54 Å². The Hall–Kier alpha value is -0.570. The SMILES string of the molecule is CNCC(=O)N(CC(C)C)C1CC1. The van der Waals surface area contributed by atoms with Crippen molar-refractivity contribution < 1.29 is 4.79 Å². The smallest absolute Gasteiger partial charge is 0.236 e. The molecule has 13 heavy (non-hydrogen) atoms. The van der Waals surface area contributed by atoms with Crippen LogP contribution in [-0.2, 0) is 4.79 Å². The van der Waals surface area contributed by atoms with E-state index in [4.69, 9.17) is 0 Å². The van der Waals surface area contributed by atoms with Crippen molar-refractivity contribution in [2.24, 2.45) is 5.92 Å². The van der Waals surface area contributed by atoms with E-state index in [-0.39, 0.29) is 5.91 Å². The van der Waals surface area contributed by atoms with E-state index in [1.165, 1.54) is 12.8 Å². The summed E-state index contributed by atoms with van der Waals surface area (Å²) in [6.45, 7) is 5.69. The molecule has 1 fully saturated rings. The molecule has 0 radical (unpaired) electrons. The van der Waals surface area contributed by atoms with Gasteiger partial charge in [0.25, 0.3) is 0 Å². The molecule has 0 saturated heterocycles. The van der Waals surface area contributed by atoms with Crippen LogP contribution in [0.25, 0.3) is 0 Å². The van der Waals surface area contributed by atoms with Crippen molar-refractivity contribution in [3.63, 3.8) is 0 Å². The molecule has 1 N–H and O–H groups in total. The molecule has 0 aromatic rings. The van der Waals surface area contributed by atoms with Gasteiger partial charge in [0.1, 0.15) is 0 Å². The summed E-state index contributed by atoms with van der Waals surface area (Å²) < 4.78 is 0. The summed E-state index contributed by atoms with van der Waals surface area (Å²) in [5, 5.41) is 2.91. The van der Waals surface area contributed by atoms with Gasteiger partial charge in [0, 0.05) is 12.6 Å². The van der Waals surface area contributed by atoms with Gasteiger partial charge in [0.05, 0.1) is 6.54 Å². The molecule has 3 heteroatoms. The third-order valence-corrected chi connectivity index (χ3v) is 2.20. The first-order chi connectivity index (χ1) is 6.15. The van der Waals surface area contributed by atoms with Crippen LogP contribution in [0.3, 0.4) is 0 Å². The third kappa shape index (κ3) is 3.35. The van der Waals surface area contributed by atoms with E-state index in [9.17, 15) is 4.79 Å². The van der Waals surface area contributed by atoms with Crippen LogP contribution in [0.1, 0.15) is 26.7 Å². The lowest BCUT2D eigenvalue weighted by atomic mass is 10.2. The van der Waals surface area contributed by atoms with Gasteiger partial charge in [-0.2, -0.15) is 0 Å². The minimum Gasteiger partial charge on any atom is -0.338 e. The summed E-state index contributed by atoms with van der Waals surface area (Å²) in [4.78, 5) is 13.7. The van der Waals surface area contributed by atoms with Gasteiger partial charge in [-0.15, -0.1) is 0 Å².